The summed E-state index contributed by atoms with van der Waals surface area (Å²) in [5.74, 6) is 1.22. The minimum Gasteiger partial charge on any atom is -0.493 e. The highest BCUT2D eigenvalue weighted by Gasteiger charge is 2.47. The number of likely N-dealkylation sites (tertiary alicyclic amines) is 1. The Bertz CT molecular complexity index is 1320. The number of rotatable bonds is 5. The lowest BCUT2D eigenvalue weighted by Gasteiger charge is -2.35. The second kappa shape index (κ2) is 8.76. The van der Waals surface area contributed by atoms with E-state index in [1.807, 2.05) is 67.4 Å². The van der Waals surface area contributed by atoms with E-state index in [9.17, 15) is 9.59 Å². The maximum Gasteiger partial charge on any atom is 0.254 e. The highest BCUT2D eigenvalue weighted by atomic mass is 16.5. The number of ether oxygens (including phenoxy) is 2. The molecule has 0 spiro atoms. The number of hydrogen-bond acceptors (Lipinski definition) is 5. The molecule has 182 valence electrons. The molecule has 0 saturated carbocycles. The standard InChI is InChI=1S/C27H30N4O4/c1-27(2)24(18-7-8-22(34-3)23(16-18)35-4)29-31(26(27)33)20-10-13-30(14-11-20)25(32)19-6-5-17-9-12-28-21(17)15-19/h5-9,12,15-16,20,28H,10-11,13-14H2,1-4H3. The van der Waals surface area contributed by atoms with Crippen LogP contribution >= 0.6 is 0 Å². The van der Waals surface area contributed by atoms with Gasteiger partial charge in [-0.25, -0.2) is 5.01 Å². The molecule has 0 atom stereocenters. The van der Waals surface area contributed by atoms with Crippen LogP contribution in [-0.4, -0.2) is 65.8 Å². The van der Waals surface area contributed by atoms with E-state index in [1.165, 1.54) is 0 Å². The number of piperidine rings is 1. The summed E-state index contributed by atoms with van der Waals surface area (Å²) in [6.07, 6.45) is 3.23. The van der Waals surface area contributed by atoms with Crippen LogP contribution in [0, 0.1) is 5.41 Å². The number of amides is 2. The highest BCUT2D eigenvalue weighted by Crippen LogP contribution is 2.37. The zero-order chi connectivity index (χ0) is 24.7. The lowest BCUT2D eigenvalue weighted by molar-refractivity contribution is -0.137. The van der Waals surface area contributed by atoms with E-state index in [0.29, 0.717) is 48.7 Å². The van der Waals surface area contributed by atoms with Crippen LogP contribution in [0.3, 0.4) is 0 Å². The molecular weight excluding hydrogens is 444 g/mol. The highest BCUT2D eigenvalue weighted by molar-refractivity contribution is 6.19. The molecule has 2 amide bonds. The molecule has 35 heavy (non-hydrogen) atoms. The van der Waals surface area contributed by atoms with E-state index in [2.05, 4.69) is 4.98 Å². The number of carbonyl (C=O) groups excluding carboxylic acids is 2. The Morgan fingerprint density at radius 3 is 2.49 bits per heavy atom. The van der Waals surface area contributed by atoms with Gasteiger partial charge in [-0.15, -0.1) is 0 Å². The molecule has 5 rings (SSSR count). The first-order chi connectivity index (χ1) is 16.8. The monoisotopic (exact) mass is 474 g/mol. The van der Waals surface area contributed by atoms with Crippen LogP contribution in [0.1, 0.15) is 42.6 Å². The quantitative estimate of drug-likeness (QED) is 0.604. The first kappa shape index (κ1) is 23.0. The average molecular weight is 475 g/mol. The van der Waals surface area contributed by atoms with E-state index in [0.717, 1.165) is 16.5 Å². The Morgan fingerprint density at radius 2 is 1.77 bits per heavy atom. The van der Waals surface area contributed by atoms with Gasteiger partial charge < -0.3 is 19.4 Å². The average Bonchev–Trinajstić information content (AvgIpc) is 3.45. The number of aromatic nitrogens is 1. The van der Waals surface area contributed by atoms with Gasteiger partial charge in [0.25, 0.3) is 11.8 Å². The zero-order valence-electron chi connectivity index (χ0n) is 20.5. The summed E-state index contributed by atoms with van der Waals surface area (Å²) >= 11 is 0. The van der Waals surface area contributed by atoms with E-state index >= 15 is 0 Å². The number of benzene rings is 2. The van der Waals surface area contributed by atoms with Crippen LogP contribution in [0.2, 0.25) is 0 Å². The van der Waals surface area contributed by atoms with Crippen molar-refractivity contribution < 1.29 is 19.1 Å². The Labute approximate surface area is 204 Å². The third-order valence-corrected chi connectivity index (χ3v) is 7.10. The van der Waals surface area contributed by atoms with Gasteiger partial charge in [-0.3, -0.25) is 9.59 Å². The Morgan fingerprint density at radius 1 is 1.03 bits per heavy atom. The summed E-state index contributed by atoms with van der Waals surface area (Å²) in [7, 11) is 3.18. The first-order valence-corrected chi connectivity index (χ1v) is 11.8. The predicted molar refractivity (Wildman–Crippen MR) is 134 cm³/mol. The molecule has 2 aliphatic rings. The van der Waals surface area contributed by atoms with E-state index in [4.69, 9.17) is 14.6 Å². The maximum atomic E-state index is 13.4. The topological polar surface area (TPSA) is 87.2 Å². The van der Waals surface area contributed by atoms with Gasteiger partial charge in [-0.1, -0.05) is 6.07 Å². The molecule has 1 aromatic heterocycles. The molecule has 3 aromatic rings. The van der Waals surface area contributed by atoms with Crippen molar-refractivity contribution in [3.63, 3.8) is 0 Å². The van der Waals surface area contributed by atoms with Crippen molar-refractivity contribution in [2.75, 3.05) is 27.3 Å². The van der Waals surface area contributed by atoms with Crippen LogP contribution in [-0.2, 0) is 4.79 Å². The summed E-state index contributed by atoms with van der Waals surface area (Å²) in [6, 6.07) is 13.3. The fraction of sp³-hybridized carbons (Fsp3) is 0.370. The summed E-state index contributed by atoms with van der Waals surface area (Å²) in [6.45, 7) is 4.97. The lowest BCUT2D eigenvalue weighted by atomic mass is 9.83. The number of nitrogens with zero attached hydrogens (tertiary/aromatic N) is 3. The molecule has 0 radical (unpaired) electrons. The number of hydrazone groups is 1. The molecule has 0 unspecified atom stereocenters. The fourth-order valence-electron chi connectivity index (χ4n) is 4.99. The molecule has 1 N–H and O–H groups in total. The minimum absolute atomic E-state index is 0.0162. The number of hydrogen-bond donors (Lipinski definition) is 1. The van der Waals surface area contributed by atoms with Crippen molar-refractivity contribution in [3.05, 3.63) is 59.8 Å². The fourth-order valence-corrected chi connectivity index (χ4v) is 4.99. The molecule has 1 fully saturated rings. The van der Waals surface area contributed by atoms with Crippen molar-refractivity contribution in [1.82, 2.24) is 14.9 Å². The molecule has 2 aromatic carbocycles. The second-order valence-corrected chi connectivity index (χ2v) is 9.60. The predicted octanol–water partition coefficient (Wildman–Crippen LogP) is 4.06. The largest absolute Gasteiger partial charge is 0.493 e. The summed E-state index contributed by atoms with van der Waals surface area (Å²) < 4.78 is 10.8. The molecular formula is C27H30N4O4. The third kappa shape index (κ3) is 3.92. The number of nitrogens with one attached hydrogen (secondary N) is 1. The van der Waals surface area contributed by atoms with Gasteiger partial charge >= 0.3 is 0 Å². The Kier molecular flexibility index (Phi) is 5.75. The number of methoxy groups -OCH3 is 2. The van der Waals surface area contributed by atoms with Crippen LogP contribution in [0.25, 0.3) is 10.9 Å². The summed E-state index contributed by atoms with van der Waals surface area (Å²) in [5.41, 5.74) is 2.40. The molecule has 2 aliphatic heterocycles. The Hall–Kier alpha value is -3.81. The van der Waals surface area contributed by atoms with Crippen molar-refractivity contribution in [2.45, 2.75) is 32.7 Å². The van der Waals surface area contributed by atoms with E-state index in [1.54, 1.807) is 19.2 Å². The zero-order valence-corrected chi connectivity index (χ0v) is 20.5. The van der Waals surface area contributed by atoms with Crippen molar-refractivity contribution in [2.24, 2.45) is 10.5 Å². The molecule has 0 aliphatic carbocycles. The number of H-pyrrole nitrogens is 1. The molecule has 0 bridgehead atoms. The van der Waals surface area contributed by atoms with Crippen molar-refractivity contribution >= 4 is 28.4 Å². The number of fused-ring (bicyclic) bond motifs is 1. The summed E-state index contributed by atoms with van der Waals surface area (Å²) in [5, 5.41) is 7.52. The van der Waals surface area contributed by atoms with Crippen LogP contribution in [0.15, 0.2) is 53.8 Å². The van der Waals surface area contributed by atoms with E-state index < -0.39 is 5.41 Å². The van der Waals surface area contributed by atoms with Crippen LogP contribution in [0.5, 0.6) is 11.5 Å². The molecule has 8 heteroatoms. The molecule has 8 nitrogen and oxygen atoms in total. The lowest BCUT2D eigenvalue weighted by Crippen LogP contribution is -2.47. The minimum atomic E-state index is -0.766. The molecule has 1 saturated heterocycles. The van der Waals surface area contributed by atoms with Gasteiger partial charge in [0, 0.05) is 35.9 Å². The normalized spacial score (nSPS) is 18.2. The van der Waals surface area contributed by atoms with Crippen molar-refractivity contribution in [3.8, 4) is 11.5 Å². The van der Waals surface area contributed by atoms with Crippen LogP contribution < -0.4 is 9.47 Å². The maximum absolute atomic E-state index is 13.4. The third-order valence-electron chi connectivity index (χ3n) is 7.10. The van der Waals surface area contributed by atoms with Crippen molar-refractivity contribution in [1.29, 1.82) is 0 Å². The second-order valence-electron chi connectivity index (χ2n) is 9.60. The van der Waals surface area contributed by atoms with Gasteiger partial charge in [-0.2, -0.15) is 5.10 Å². The number of carbonyl (C=O) groups is 2. The summed E-state index contributed by atoms with van der Waals surface area (Å²) in [4.78, 5) is 31.5. The number of aromatic amines is 1. The van der Waals surface area contributed by atoms with Gasteiger partial charge in [0.15, 0.2) is 11.5 Å². The van der Waals surface area contributed by atoms with E-state index in [-0.39, 0.29) is 17.9 Å². The van der Waals surface area contributed by atoms with Gasteiger partial charge in [0.05, 0.1) is 31.4 Å². The van der Waals surface area contributed by atoms with Gasteiger partial charge in [-0.05, 0) is 68.5 Å². The van der Waals surface area contributed by atoms with Crippen LogP contribution in [0.4, 0.5) is 0 Å². The molecule has 3 heterocycles. The smallest absolute Gasteiger partial charge is 0.254 e. The van der Waals surface area contributed by atoms with Gasteiger partial charge in [0.1, 0.15) is 0 Å². The Balaban J connectivity index is 1.32. The first-order valence-electron chi connectivity index (χ1n) is 11.8. The SMILES string of the molecule is COc1ccc(C2=NN(C3CCN(C(=O)c4ccc5cc[nH]c5c4)CC3)C(=O)C2(C)C)cc1OC. The van der Waals surface area contributed by atoms with Gasteiger partial charge in [0.2, 0.25) is 0 Å².